The lowest BCUT2D eigenvalue weighted by molar-refractivity contribution is 0.0123. The fourth-order valence-corrected chi connectivity index (χ4v) is 6.91. The molecule has 1 aromatic carbocycles. The topological polar surface area (TPSA) is 80.3 Å². The lowest BCUT2D eigenvalue weighted by atomic mass is 10.1. The number of ether oxygens (including phenoxy) is 3. The van der Waals surface area contributed by atoms with Crippen molar-refractivity contribution in [2.75, 3.05) is 57.4 Å². The molecule has 2 atom stereocenters. The maximum atomic E-state index is 13.0. The highest BCUT2D eigenvalue weighted by atomic mass is 79.9. The van der Waals surface area contributed by atoms with Crippen LogP contribution in [0.2, 0.25) is 10.0 Å². The molecule has 0 N–H and O–H groups in total. The maximum Gasteiger partial charge on any atom is 0.410 e. The van der Waals surface area contributed by atoms with Gasteiger partial charge in [-0.3, -0.25) is 9.80 Å². The van der Waals surface area contributed by atoms with Gasteiger partial charge in [0.1, 0.15) is 11.4 Å². The second kappa shape index (κ2) is 10.9. The Labute approximate surface area is 253 Å². The van der Waals surface area contributed by atoms with Gasteiger partial charge in [-0.15, -0.1) is 0 Å². The van der Waals surface area contributed by atoms with Crippen molar-refractivity contribution < 1.29 is 19.0 Å². The highest BCUT2D eigenvalue weighted by molar-refractivity contribution is 9.10. The van der Waals surface area contributed by atoms with Crippen LogP contribution in [-0.2, 0) is 9.47 Å². The highest BCUT2D eigenvalue weighted by Gasteiger charge is 2.46. The van der Waals surface area contributed by atoms with E-state index >= 15 is 0 Å². The number of piperazine rings is 1. The van der Waals surface area contributed by atoms with Crippen LogP contribution >= 0.6 is 39.1 Å². The number of morpholine rings is 1. The molecule has 3 saturated heterocycles. The smallest absolute Gasteiger partial charge is 0.410 e. The van der Waals surface area contributed by atoms with E-state index in [1.54, 1.807) is 0 Å². The molecule has 4 aliphatic rings. The number of carbonyl (C=O) groups is 1. The van der Waals surface area contributed by atoms with Gasteiger partial charge in [0.15, 0.2) is 0 Å². The molecule has 12 heteroatoms. The molecule has 4 heterocycles. The van der Waals surface area contributed by atoms with E-state index in [0.717, 1.165) is 69.7 Å². The summed E-state index contributed by atoms with van der Waals surface area (Å²) in [6.07, 6.45) is 3.85. The Hall–Kier alpha value is -1.59. The van der Waals surface area contributed by atoms with E-state index < -0.39 is 5.60 Å². The average Bonchev–Trinajstić information content (AvgIpc) is 3.61. The van der Waals surface area contributed by atoms with Gasteiger partial charge in [-0.1, -0.05) is 23.2 Å². The van der Waals surface area contributed by atoms with Crippen LogP contribution in [0.4, 0.5) is 10.6 Å². The van der Waals surface area contributed by atoms with Gasteiger partial charge in [0, 0.05) is 43.5 Å². The zero-order valence-electron chi connectivity index (χ0n) is 23.2. The normalized spacial score (nSPS) is 24.4. The van der Waals surface area contributed by atoms with Crippen molar-refractivity contribution in [2.24, 2.45) is 5.41 Å². The van der Waals surface area contributed by atoms with Crippen molar-refractivity contribution in [3.63, 3.8) is 0 Å². The van der Waals surface area contributed by atoms with Gasteiger partial charge in [-0.05, 0) is 68.5 Å². The van der Waals surface area contributed by atoms with E-state index in [1.165, 1.54) is 0 Å². The Morgan fingerprint density at radius 3 is 2.45 bits per heavy atom. The van der Waals surface area contributed by atoms with Gasteiger partial charge in [0.25, 0.3) is 0 Å². The van der Waals surface area contributed by atoms with Gasteiger partial charge in [-0.2, -0.15) is 9.97 Å². The molecule has 9 nitrogen and oxygen atoms in total. The summed E-state index contributed by atoms with van der Waals surface area (Å²) in [5.41, 5.74) is 0.181. The van der Waals surface area contributed by atoms with E-state index in [9.17, 15) is 4.79 Å². The summed E-state index contributed by atoms with van der Waals surface area (Å²) < 4.78 is 18.2. The van der Waals surface area contributed by atoms with Crippen molar-refractivity contribution in [3.8, 4) is 6.01 Å². The van der Waals surface area contributed by atoms with Crippen LogP contribution in [0.3, 0.4) is 0 Å². The summed E-state index contributed by atoms with van der Waals surface area (Å²) in [6, 6.07) is 2.24. The van der Waals surface area contributed by atoms with Crippen LogP contribution in [0.25, 0.3) is 10.9 Å². The number of anilines is 1. The van der Waals surface area contributed by atoms with Crippen molar-refractivity contribution in [1.82, 2.24) is 19.8 Å². The fourth-order valence-electron chi connectivity index (χ4n) is 6.11. The number of nitrogens with zero attached hydrogens (tertiary/aromatic N) is 5. The fraction of sp³-hybridized carbons (Fsp3) is 0.679. The van der Waals surface area contributed by atoms with E-state index in [1.807, 2.05) is 31.7 Å². The summed E-state index contributed by atoms with van der Waals surface area (Å²) in [4.78, 5) is 29.3. The summed E-state index contributed by atoms with van der Waals surface area (Å²) in [5, 5.41) is 1.69. The number of rotatable bonds is 6. The predicted octanol–water partition coefficient (Wildman–Crippen LogP) is 5.78. The summed E-state index contributed by atoms with van der Waals surface area (Å²) in [7, 11) is 0. The molecule has 2 unspecified atom stereocenters. The molecule has 2 aromatic rings. The zero-order chi connectivity index (χ0) is 28.2. The summed E-state index contributed by atoms with van der Waals surface area (Å²) in [6.45, 7) is 12.0. The van der Waals surface area contributed by atoms with Crippen LogP contribution < -0.4 is 9.64 Å². The Bertz CT molecular complexity index is 1280. The largest absolute Gasteiger partial charge is 0.463 e. The molecule has 3 aliphatic heterocycles. The van der Waals surface area contributed by atoms with Crippen molar-refractivity contribution in [2.45, 2.75) is 64.1 Å². The van der Waals surface area contributed by atoms with Gasteiger partial charge >= 0.3 is 12.1 Å². The van der Waals surface area contributed by atoms with Crippen molar-refractivity contribution >= 4 is 61.9 Å². The Morgan fingerprint density at radius 2 is 1.82 bits per heavy atom. The zero-order valence-corrected chi connectivity index (χ0v) is 26.3. The molecule has 218 valence electrons. The quantitative estimate of drug-likeness (QED) is 0.362. The van der Waals surface area contributed by atoms with Gasteiger partial charge in [-0.25, -0.2) is 4.79 Å². The lowest BCUT2D eigenvalue weighted by Gasteiger charge is -2.42. The van der Waals surface area contributed by atoms with Crippen LogP contribution in [0.15, 0.2) is 10.5 Å². The van der Waals surface area contributed by atoms with Crippen molar-refractivity contribution in [3.05, 3.63) is 20.6 Å². The summed E-state index contributed by atoms with van der Waals surface area (Å²) in [5.74, 6) is 0.732. The molecule has 40 heavy (non-hydrogen) atoms. The first-order chi connectivity index (χ1) is 19.0. The van der Waals surface area contributed by atoms with E-state index in [-0.39, 0.29) is 23.6 Å². The number of amides is 1. The molecule has 1 aliphatic carbocycles. The lowest BCUT2D eigenvalue weighted by Crippen LogP contribution is -2.57. The first kappa shape index (κ1) is 28.5. The van der Waals surface area contributed by atoms with Crippen LogP contribution in [0, 0.1) is 5.41 Å². The first-order valence-corrected chi connectivity index (χ1v) is 15.6. The molecule has 6 rings (SSSR count). The number of aromatic nitrogens is 2. The third-order valence-electron chi connectivity index (χ3n) is 8.30. The van der Waals surface area contributed by atoms with Gasteiger partial charge in [0.05, 0.1) is 51.9 Å². The highest BCUT2D eigenvalue weighted by Crippen LogP contribution is 2.47. The number of fused-ring (bicyclic) bond motifs is 3. The number of benzene rings is 1. The van der Waals surface area contributed by atoms with Gasteiger partial charge < -0.3 is 19.1 Å². The minimum Gasteiger partial charge on any atom is -0.463 e. The molecule has 4 fully saturated rings. The second-order valence-corrected chi connectivity index (χ2v) is 14.1. The maximum absolute atomic E-state index is 13.0. The van der Waals surface area contributed by atoms with E-state index in [2.05, 4.69) is 25.7 Å². The molecular formula is C28H36BrCl2N5O4. The average molecular weight is 657 g/mol. The van der Waals surface area contributed by atoms with Crippen LogP contribution in [-0.4, -0.2) is 96.1 Å². The Balaban J connectivity index is 1.26. The van der Waals surface area contributed by atoms with E-state index in [0.29, 0.717) is 45.7 Å². The SMILES string of the molecule is CC(C)(C)OC(=O)N1C2CCC1CN(c1nc(OCC3(CN4CCOCC4)CC3)nc3c(Cl)c(Br)c(Cl)cc13)C2. The number of carbonyl (C=O) groups excluding carboxylic acids is 1. The molecule has 2 bridgehead atoms. The first-order valence-electron chi connectivity index (χ1n) is 14.1. The standard InChI is InChI=1S/C28H36BrCl2N5O4/c1-27(2,3)40-26(37)36-17-4-5-18(36)14-35(13-17)24-19-12-20(30)21(29)22(31)23(19)32-25(33-24)39-16-28(6-7-28)15-34-8-10-38-11-9-34/h12,17-18H,4-11,13-16H2,1-3H3. The minimum absolute atomic E-state index is 0.0348. The van der Waals surface area contributed by atoms with Crippen molar-refractivity contribution in [1.29, 1.82) is 0 Å². The van der Waals surface area contributed by atoms with E-state index in [4.69, 9.17) is 47.4 Å². The molecular weight excluding hydrogens is 621 g/mol. The van der Waals surface area contributed by atoms with Gasteiger partial charge in [0.2, 0.25) is 0 Å². The summed E-state index contributed by atoms with van der Waals surface area (Å²) >= 11 is 16.8. The molecule has 1 saturated carbocycles. The monoisotopic (exact) mass is 655 g/mol. The molecule has 1 amide bonds. The molecule has 0 radical (unpaired) electrons. The van der Waals surface area contributed by atoms with Crippen LogP contribution in [0.1, 0.15) is 46.5 Å². The minimum atomic E-state index is -0.537. The number of hydrogen-bond acceptors (Lipinski definition) is 8. The Morgan fingerprint density at radius 1 is 1.15 bits per heavy atom. The number of halogens is 3. The Kier molecular flexibility index (Phi) is 7.78. The molecule has 1 aromatic heterocycles. The predicted molar refractivity (Wildman–Crippen MR) is 159 cm³/mol. The molecule has 0 spiro atoms. The number of hydrogen-bond donors (Lipinski definition) is 0. The third kappa shape index (κ3) is 5.84. The third-order valence-corrected chi connectivity index (χ3v) is 10.2. The second-order valence-electron chi connectivity index (χ2n) is 12.6. The van der Waals surface area contributed by atoms with Crippen LogP contribution in [0.5, 0.6) is 6.01 Å².